The number of carbonyl (C=O) groups excluding carboxylic acids is 2. The molecule has 0 N–H and O–H groups in total. The number of fused-ring (bicyclic) bond motifs is 1. The Labute approximate surface area is 205 Å². The van der Waals surface area contributed by atoms with Gasteiger partial charge in [0.2, 0.25) is 11.8 Å². The van der Waals surface area contributed by atoms with E-state index in [-0.39, 0.29) is 30.4 Å². The fourth-order valence-electron chi connectivity index (χ4n) is 5.63. The average molecular weight is 464 g/mol. The molecule has 5 nitrogen and oxygen atoms in total. The first kappa shape index (κ1) is 24.6. The lowest BCUT2D eigenvalue weighted by atomic mass is 9.95. The maximum Gasteiger partial charge on any atom is 0.243 e. The van der Waals surface area contributed by atoms with Gasteiger partial charge in [-0.1, -0.05) is 63.8 Å². The molecule has 5 heteroatoms. The van der Waals surface area contributed by atoms with Crippen molar-refractivity contribution in [2.45, 2.75) is 90.8 Å². The van der Waals surface area contributed by atoms with Crippen LogP contribution in [0, 0.1) is 5.92 Å². The van der Waals surface area contributed by atoms with Crippen LogP contribution in [-0.2, 0) is 16.1 Å². The molecule has 1 atom stereocenters. The van der Waals surface area contributed by atoms with E-state index in [1.54, 1.807) is 4.90 Å². The van der Waals surface area contributed by atoms with Gasteiger partial charge in [0, 0.05) is 37.4 Å². The Morgan fingerprint density at radius 2 is 1.71 bits per heavy atom. The van der Waals surface area contributed by atoms with E-state index in [0.29, 0.717) is 24.8 Å². The van der Waals surface area contributed by atoms with Crippen LogP contribution >= 0.6 is 0 Å². The van der Waals surface area contributed by atoms with Crippen molar-refractivity contribution in [2.24, 2.45) is 5.92 Å². The summed E-state index contributed by atoms with van der Waals surface area (Å²) in [4.78, 5) is 30.6. The predicted molar refractivity (Wildman–Crippen MR) is 137 cm³/mol. The number of hydrogen-bond donors (Lipinski definition) is 0. The monoisotopic (exact) mass is 463 g/mol. The van der Waals surface area contributed by atoms with E-state index in [2.05, 4.69) is 61.0 Å². The van der Waals surface area contributed by atoms with E-state index >= 15 is 0 Å². The third kappa shape index (κ3) is 5.39. The molecule has 1 unspecified atom stereocenters. The molecule has 0 radical (unpaired) electrons. The van der Waals surface area contributed by atoms with Crippen LogP contribution in [0.2, 0.25) is 0 Å². The number of amides is 2. The van der Waals surface area contributed by atoms with Gasteiger partial charge < -0.3 is 14.4 Å². The summed E-state index contributed by atoms with van der Waals surface area (Å²) >= 11 is 0. The predicted octanol–water partition coefficient (Wildman–Crippen LogP) is 5.75. The van der Waals surface area contributed by atoms with Gasteiger partial charge in [0.25, 0.3) is 0 Å². The Kier molecular flexibility index (Phi) is 7.80. The molecule has 2 heterocycles. The van der Waals surface area contributed by atoms with E-state index in [9.17, 15) is 9.59 Å². The third-order valence-electron chi connectivity index (χ3n) is 7.77. The zero-order valence-corrected chi connectivity index (χ0v) is 21.4. The quantitative estimate of drug-likeness (QED) is 0.500. The molecular weight excluding hydrogens is 422 g/mol. The summed E-state index contributed by atoms with van der Waals surface area (Å²) in [6.07, 6.45) is 8.69. The van der Waals surface area contributed by atoms with Crippen molar-refractivity contribution in [3.05, 3.63) is 59.4 Å². The minimum absolute atomic E-state index is 0.0115. The SMILES string of the molecule is CC(C)c1ccc(C2c3cccn3CCN2C(=O)CN(C(=O)CCC2CCCC2)C(C)C)cc1. The lowest BCUT2D eigenvalue weighted by Crippen LogP contribution is -2.49. The van der Waals surface area contributed by atoms with Crippen LogP contribution < -0.4 is 0 Å². The lowest BCUT2D eigenvalue weighted by molar-refractivity contribution is -0.143. The Morgan fingerprint density at radius 1 is 1.00 bits per heavy atom. The van der Waals surface area contributed by atoms with Gasteiger partial charge in [0.15, 0.2) is 0 Å². The highest BCUT2D eigenvalue weighted by Crippen LogP contribution is 2.34. The van der Waals surface area contributed by atoms with E-state index in [1.807, 2.05) is 18.7 Å². The van der Waals surface area contributed by atoms with Crippen molar-refractivity contribution < 1.29 is 9.59 Å². The third-order valence-corrected chi connectivity index (χ3v) is 7.77. The number of aromatic nitrogens is 1. The average Bonchev–Trinajstić information content (AvgIpc) is 3.52. The summed E-state index contributed by atoms with van der Waals surface area (Å²) in [7, 11) is 0. The fourth-order valence-corrected chi connectivity index (χ4v) is 5.63. The largest absolute Gasteiger partial charge is 0.348 e. The molecule has 0 spiro atoms. The molecule has 184 valence electrons. The van der Waals surface area contributed by atoms with E-state index in [4.69, 9.17) is 0 Å². The molecule has 4 rings (SSSR count). The van der Waals surface area contributed by atoms with Gasteiger partial charge in [0.1, 0.15) is 6.54 Å². The second kappa shape index (κ2) is 10.8. The van der Waals surface area contributed by atoms with E-state index in [0.717, 1.165) is 24.2 Å². The van der Waals surface area contributed by atoms with Gasteiger partial charge in [-0.3, -0.25) is 9.59 Å². The van der Waals surface area contributed by atoms with E-state index < -0.39 is 0 Å². The summed E-state index contributed by atoms with van der Waals surface area (Å²) in [5.74, 6) is 1.31. The molecule has 2 aromatic rings. The highest BCUT2D eigenvalue weighted by atomic mass is 16.2. The minimum Gasteiger partial charge on any atom is -0.348 e. The zero-order valence-electron chi connectivity index (χ0n) is 21.4. The first-order chi connectivity index (χ1) is 16.3. The first-order valence-corrected chi connectivity index (χ1v) is 13.2. The van der Waals surface area contributed by atoms with Crippen LogP contribution in [-0.4, -0.2) is 45.3 Å². The second-order valence-electron chi connectivity index (χ2n) is 10.7. The summed E-state index contributed by atoms with van der Waals surface area (Å²) in [5.41, 5.74) is 3.56. The summed E-state index contributed by atoms with van der Waals surface area (Å²) < 4.78 is 2.25. The van der Waals surface area contributed by atoms with Gasteiger partial charge in [-0.05, 0) is 55.4 Å². The normalized spacial score (nSPS) is 18.5. The van der Waals surface area contributed by atoms with Crippen LogP contribution in [0.25, 0.3) is 0 Å². The van der Waals surface area contributed by atoms with Gasteiger partial charge in [-0.15, -0.1) is 0 Å². The van der Waals surface area contributed by atoms with Crippen molar-refractivity contribution >= 4 is 11.8 Å². The first-order valence-electron chi connectivity index (χ1n) is 13.2. The summed E-state index contributed by atoms with van der Waals surface area (Å²) in [5, 5.41) is 0. The molecule has 0 bridgehead atoms. The summed E-state index contributed by atoms with van der Waals surface area (Å²) in [6, 6.07) is 12.7. The number of rotatable bonds is 8. The van der Waals surface area contributed by atoms with Gasteiger partial charge >= 0.3 is 0 Å². The zero-order chi connectivity index (χ0) is 24.2. The Morgan fingerprint density at radius 3 is 2.35 bits per heavy atom. The number of hydrogen-bond acceptors (Lipinski definition) is 2. The fraction of sp³-hybridized carbons (Fsp3) is 0.586. The minimum atomic E-state index is -0.125. The van der Waals surface area contributed by atoms with Crippen molar-refractivity contribution in [3.8, 4) is 0 Å². The van der Waals surface area contributed by atoms with Crippen molar-refractivity contribution in [1.82, 2.24) is 14.4 Å². The molecular formula is C29H41N3O2. The molecule has 1 saturated carbocycles. The molecule has 1 fully saturated rings. The molecule has 1 aliphatic heterocycles. The number of carbonyl (C=O) groups is 2. The number of nitrogens with zero attached hydrogens (tertiary/aromatic N) is 3. The molecule has 2 aliphatic rings. The molecule has 2 amide bonds. The highest BCUT2D eigenvalue weighted by Gasteiger charge is 2.34. The molecule has 1 aliphatic carbocycles. The van der Waals surface area contributed by atoms with Crippen molar-refractivity contribution in [1.29, 1.82) is 0 Å². The van der Waals surface area contributed by atoms with Crippen molar-refractivity contribution in [3.63, 3.8) is 0 Å². The lowest BCUT2D eigenvalue weighted by Gasteiger charge is -2.39. The van der Waals surface area contributed by atoms with Crippen LogP contribution in [0.4, 0.5) is 0 Å². The van der Waals surface area contributed by atoms with Gasteiger partial charge in [-0.2, -0.15) is 0 Å². The van der Waals surface area contributed by atoms with Crippen LogP contribution in [0.15, 0.2) is 42.6 Å². The van der Waals surface area contributed by atoms with Crippen molar-refractivity contribution in [2.75, 3.05) is 13.1 Å². The van der Waals surface area contributed by atoms with Crippen LogP contribution in [0.5, 0.6) is 0 Å². The standard InChI is InChI=1S/C29H41N3O2/c1-21(2)24-12-14-25(15-13-24)29-26-10-7-17-30(26)18-19-31(29)28(34)20-32(22(3)4)27(33)16-11-23-8-5-6-9-23/h7,10,12-15,17,21-23,29H,5-6,8-9,11,16,18-20H2,1-4H3. The van der Waals surface area contributed by atoms with Crippen LogP contribution in [0.3, 0.4) is 0 Å². The van der Waals surface area contributed by atoms with Gasteiger partial charge in [-0.25, -0.2) is 0 Å². The Bertz CT molecular complexity index is 970. The Hall–Kier alpha value is -2.56. The smallest absolute Gasteiger partial charge is 0.243 e. The van der Waals surface area contributed by atoms with E-state index in [1.165, 1.54) is 31.2 Å². The Balaban J connectivity index is 1.51. The summed E-state index contributed by atoms with van der Waals surface area (Å²) in [6.45, 7) is 10.0. The maximum atomic E-state index is 13.7. The topological polar surface area (TPSA) is 45.6 Å². The second-order valence-corrected chi connectivity index (χ2v) is 10.7. The highest BCUT2D eigenvalue weighted by molar-refractivity contribution is 5.85. The molecule has 1 aromatic heterocycles. The molecule has 34 heavy (non-hydrogen) atoms. The molecule has 1 aromatic carbocycles. The maximum absolute atomic E-state index is 13.7. The van der Waals surface area contributed by atoms with Crippen LogP contribution in [0.1, 0.15) is 95.0 Å². The number of benzene rings is 1. The van der Waals surface area contributed by atoms with Gasteiger partial charge in [0.05, 0.1) is 6.04 Å². The molecule has 0 saturated heterocycles.